The van der Waals surface area contributed by atoms with E-state index < -0.39 is 30.7 Å². The average molecular weight is 424 g/mol. The Morgan fingerprint density at radius 2 is 1.90 bits per heavy atom. The third-order valence-corrected chi connectivity index (χ3v) is 9.32. The van der Waals surface area contributed by atoms with Crippen LogP contribution in [0.4, 0.5) is 0 Å². The molecule has 4 rings (SSSR count). The van der Waals surface area contributed by atoms with Gasteiger partial charge in [-0.1, -0.05) is 13.8 Å². The Labute approximate surface area is 177 Å². The summed E-state index contributed by atoms with van der Waals surface area (Å²) >= 11 is 0. The Bertz CT molecular complexity index is 715. The van der Waals surface area contributed by atoms with Gasteiger partial charge in [0.25, 0.3) is 0 Å². The molecule has 0 aromatic heterocycles. The van der Waals surface area contributed by atoms with Crippen LogP contribution >= 0.6 is 0 Å². The Balaban J connectivity index is 1.69. The number of fused-ring (bicyclic) bond motifs is 5. The number of rotatable bonds is 5. The summed E-state index contributed by atoms with van der Waals surface area (Å²) in [5.41, 5.74) is -2.62. The standard InChI is InChI=1S/C21H33BO8/c1-19-7-5-13(24)9-12(19)3-4-14-15-6-8-21(17(26)11-23,29-30-22(27)28)20(15,2)10-16(25)18(14)19/h12-15,18,23-24,27-28H,3-11H2,1-2H3/t12-,13-,14+,15+,18-,19+,20+,21+/m1/s1. The molecule has 8 atom stereocenters. The highest BCUT2D eigenvalue weighted by Gasteiger charge is 2.70. The molecular weight excluding hydrogens is 391 g/mol. The van der Waals surface area contributed by atoms with Crippen LogP contribution in [0.1, 0.15) is 65.2 Å². The van der Waals surface area contributed by atoms with E-state index in [0.29, 0.717) is 18.8 Å². The molecule has 4 aliphatic carbocycles. The molecule has 4 saturated carbocycles. The van der Waals surface area contributed by atoms with Gasteiger partial charge in [0.1, 0.15) is 12.4 Å². The predicted octanol–water partition coefficient (Wildman–Crippen LogP) is 0.787. The highest BCUT2D eigenvalue weighted by atomic mass is 17.2. The van der Waals surface area contributed by atoms with Crippen molar-refractivity contribution < 1.29 is 39.5 Å². The van der Waals surface area contributed by atoms with E-state index in [1.165, 1.54) is 0 Å². The van der Waals surface area contributed by atoms with Crippen LogP contribution in [0.15, 0.2) is 0 Å². The Hall–Kier alpha value is -0.835. The summed E-state index contributed by atoms with van der Waals surface area (Å²) < 4.78 is 0. The number of ketones is 2. The molecule has 0 aliphatic heterocycles. The first-order chi connectivity index (χ1) is 14.1. The van der Waals surface area contributed by atoms with Crippen molar-refractivity contribution in [1.29, 1.82) is 0 Å². The first-order valence-corrected chi connectivity index (χ1v) is 11.1. The van der Waals surface area contributed by atoms with Crippen LogP contribution in [0.5, 0.6) is 0 Å². The van der Waals surface area contributed by atoms with Gasteiger partial charge in [-0.25, -0.2) is 9.69 Å². The Morgan fingerprint density at radius 3 is 2.57 bits per heavy atom. The van der Waals surface area contributed by atoms with Crippen LogP contribution < -0.4 is 0 Å². The molecular formula is C21H33BO8. The van der Waals surface area contributed by atoms with Gasteiger partial charge in [0.05, 0.1) is 6.10 Å². The Kier molecular flexibility index (Phi) is 5.69. The third-order valence-electron chi connectivity index (χ3n) is 9.32. The maximum atomic E-state index is 13.6. The lowest BCUT2D eigenvalue weighted by molar-refractivity contribution is -0.329. The van der Waals surface area contributed by atoms with Gasteiger partial charge in [0.15, 0.2) is 11.4 Å². The van der Waals surface area contributed by atoms with Crippen LogP contribution in [-0.2, 0) is 19.3 Å². The summed E-state index contributed by atoms with van der Waals surface area (Å²) in [6, 6.07) is 0. The summed E-state index contributed by atoms with van der Waals surface area (Å²) in [4.78, 5) is 36.4. The van der Waals surface area contributed by atoms with Crippen molar-refractivity contribution >= 4 is 18.9 Å². The zero-order valence-electron chi connectivity index (χ0n) is 17.7. The van der Waals surface area contributed by atoms with Crippen LogP contribution in [0.25, 0.3) is 0 Å². The summed E-state index contributed by atoms with van der Waals surface area (Å²) in [6.07, 6.45) is 4.82. The lowest BCUT2D eigenvalue weighted by Gasteiger charge is -2.60. The molecule has 0 radical (unpaired) electrons. The third kappa shape index (κ3) is 3.04. The molecule has 0 saturated heterocycles. The van der Waals surface area contributed by atoms with Gasteiger partial charge in [0.2, 0.25) is 0 Å². The van der Waals surface area contributed by atoms with Crippen LogP contribution in [0.3, 0.4) is 0 Å². The van der Waals surface area contributed by atoms with Gasteiger partial charge < -0.3 is 20.3 Å². The molecule has 8 nitrogen and oxygen atoms in total. The van der Waals surface area contributed by atoms with Crippen LogP contribution in [0.2, 0.25) is 0 Å². The fourth-order valence-corrected chi connectivity index (χ4v) is 7.93. The van der Waals surface area contributed by atoms with Gasteiger partial charge in [-0.15, -0.1) is 0 Å². The normalized spacial score (nSPS) is 47.9. The largest absolute Gasteiger partial charge is 0.662 e. The zero-order valence-corrected chi connectivity index (χ0v) is 17.7. The van der Waals surface area contributed by atoms with E-state index in [0.717, 1.165) is 25.7 Å². The fraction of sp³-hybridized carbons (Fsp3) is 0.905. The lowest BCUT2D eigenvalue weighted by Crippen LogP contribution is -2.63. The molecule has 4 fully saturated rings. The van der Waals surface area contributed by atoms with Crippen LogP contribution in [-0.4, -0.2) is 57.5 Å². The number of aliphatic hydroxyl groups is 2. The van der Waals surface area contributed by atoms with Crippen molar-refractivity contribution in [2.45, 2.75) is 76.9 Å². The van der Waals surface area contributed by atoms with E-state index in [9.17, 15) is 19.8 Å². The van der Waals surface area contributed by atoms with E-state index in [1.807, 2.05) is 6.92 Å². The van der Waals surface area contributed by atoms with Crippen molar-refractivity contribution in [3.8, 4) is 0 Å². The van der Waals surface area contributed by atoms with E-state index >= 15 is 0 Å². The van der Waals surface area contributed by atoms with Gasteiger partial charge in [-0.05, 0) is 68.1 Å². The molecule has 4 aliphatic rings. The Morgan fingerprint density at radius 1 is 1.17 bits per heavy atom. The van der Waals surface area contributed by atoms with Gasteiger partial charge in [-0.3, -0.25) is 9.59 Å². The number of aliphatic hydroxyl groups excluding tert-OH is 2. The number of hydrogen-bond acceptors (Lipinski definition) is 8. The molecule has 0 heterocycles. The molecule has 0 unspecified atom stereocenters. The molecule has 0 aromatic carbocycles. The van der Waals surface area contributed by atoms with Crippen molar-refractivity contribution in [3.63, 3.8) is 0 Å². The van der Waals surface area contributed by atoms with Gasteiger partial charge >= 0.3 is 7.32 Å². The number of Topliss-reactive ketones (excluding diaryl/α,β-unsaturated/α-hetero) is 2. The second kappa shape index (κ2) is 7.64. The average Bonchev–Trinajstić information content (AvgIpc) is 2.98. The molecule has 0 aromatic rings. The number of carbonyl (C=O) groups is 2. The SMILES string of the molecule is C[C@]12CC[C@@H](O)C[C@H]1CC[C@@H]1[C@@H]2C(=O)C[C@@]2(C)[C@H]1CC[C@]2(OOB(O)O)C(=O)CO. The number of hydrogen-bond donors (Lipinski definition) is 4. The maximum absolute atomic E-state index is 13.6. The molecule has 0 bridgehead atoms. The van der Waals surface area contributed by atoms with E-state index in [2.05, 4.69) is 11.7 Å². The fourth-order valence-electron chi connectivity index (χ4n) is 7.93. The molecule has 4 N–H and O–H groups in total. The zero-order chi connectivity index (χ0) is 21.9. The highest BCUT2D eigenvalue weighted by Crippen LogP contribution is 2.68. The van der Waals surface area contributed by atoms with E-state index in [-0.39, 0.29) is 47.9 Å². The molecule has 0 spiro atoms. The van der Waals surface area contributed by atoms with E-state index in [1.54, 1.807) is 0 Å². The topological polar surface area (TPSA) is 134 Å². The van der Waals surface area contributed by atoms with Gasteiger partial charge in [0, 0.05) is 17.8 Å². The maximum Gasteiger partial charge on any atom is 0.662 e. The summed E-state index contributed by atoms with van der Waals surface area (Å²) in [5, 5.41) is 38.1. The van der Waals surface area contributed by atoms with Crippen molar-refractivity contribution in [2.75, 3.05) is 6.61 Å². The first-order valence-electron chi connectivity index (χ1n) is 11.1. The smallest absolute Gasteiger partial charge is 0.400 e. The lowest BCUT2D eigenvalue weighted by atomic mass is 9.44. The van der Waals surface area contributed by atoms with Crippen molar-refractivity contribution in [2.24, 2.45) is 34.5 Å². The summed E-state index contributed by atoms with van der Waals surface area (Å²) in [6.45, 7) is 3.27. The second-order valence-corrected chi connectivity index (χ2v) is 10.5. The van der Waals surface area contributed by atoms with Crippen molar-refractivity contribution in [3.05, 3.63) is 0 Å². The quantitative estimate of drug-likeness (QED) is 0.289. The minimum atomic E-state index is -2.22. The monoisotopic (exact) mass is 424 g/mol. The summed E-state index contributed by atoms with van der Waals surface area (Å²) in [5.74, 6) is -0.146. The molecule has 168 valence electrons. The second-order valence-electron chi connectivity index (χ2n) is 10.5. The predicted molar refractivity (Wildman–Crippen MR) is 105 cm³/mol. The number of carbonyl (C=O) groups excluding carboxylic acids is 2. The summed E-state index contributed by atoms with van der Waals surface area (Å²) in [7, 11) is -2.22. The molecule has 9 heteroatoms. The first kappa shape index (κ1) is 22.4. The molecule has 0 amide bonds. The highest BCUT2D eigenvalue weighted by molar-refractivity contribution is 6.32. The minimum absolute atomic E-state index is 0.0276. The van der Waals surface area contributed by atoms with Crippen LogP contribution in [0, 0.1) is 34.5 Å². The van der Waals surface area contributed by atoms with Crippen molar-refractivity contribution in [1.82, 2.24) is 0 Å². The minimum Gasteiger partial charge on any atom is -0.400 e. The van der Waals surface area contributed by atoms with Gasteiger partial charge in [-0.2, -0.15) is 0 Å². The van der Waals surface area contributed by atoms with E-state index in [4.69, 9.17) is 14.9 Å². The molecule has 30 heavy (non-hydrogen) atoms.